The molecule has 1 amide bonds. The molecular formula is C22H25ClF2N8O2. The van der Waals surface area contributed by atoms with Crippen molar-refractivity contribution in [2.45, 2.75) is 25.2 Å². The molecule has 0 spiro atoms. The highest BCUT2D eigenvalue weighted by Gasteiger charge is 2.39. The molecule has 1 saturated heterocycles. The number of amides is 1. The van der Waals surface area contributed by atoms with Crippen LogP contribution in [0.2, 0.25) is 5.02 Å². The summed E-state index contributed by atoms with van der Waals surface area (Å²) in [5, 5.41) is 7.49. The number of alkyl halides is 2. The highest BCUT2D eigenvalue weighted by molar-refractivity contribution is 6.35. The van der Waals surface area contributed by atoms with Crippen LogP contribution in [0.15, 0.2) is 24.8 Å². The average Bonchev–Trinajstić information content (AvgIpc) is 3.52. The molecule has 0 radical (unpaired) electrons. The predicted octanol–water partition coefficient (Wildman–Crippen LogP) is 3.28. The van der Waals surface area contributed by atoms with E-state index in [1.165, 1.54) is 12.4 Å². The maximum Gasteiger partial charge on any atom is 0.261 e. The number of nitrogen functional groups attached to an aromatic ring is 1. The molecule has 0 bridgehead atoms. The van der Waals surface area contributed by atoms with Crippen molar-refractivity contribution in [3.63, 3.8) is 0 Å². The van der Waals surface area contributed by atoms with Gasteiger partial charge in [-0.2, -0.15) is 5.10 Å². The van der Waals surface area contributed by atoms with Gasteiger partial charge >= 0.3 is 0 Å². The number of carbonyl (C=O) groups is 1. The molecular weight excluding hydrogens is 482 g/mol. The summed E-state index contributed by atoms with van der Waals surface area (Å²) in [6.07, 6.45) is 7.59. The van der Waals surface area contributed by atoms with Gasteiger partial charge in [-0.1, -0.05) is 11.6 Å². The number of anilines is 3. The number of hydrogen-bond donors (Lipinski definition) is 2. The average molecular weight is 507 g/mol. The van der Waals surface area contributed by atoms with Crippen LogP contribution in [0.3, 0.4) is 0 Å². The van der Waals surface area contributed by atoms with Crippen LogP contribution in [0.5, 0.6) is 11.5 Å². The van der Waals surface area contributed by atoms with Gasteiger partial charge in [0.05, 0.1) is 37.0 Å². The molecule has 1 saturated carbocycles. The Morgan fingerprint density at radius 3 is 2.80 bits per heavy atom. The minimum Gasteiger partial charge on any atom is -0.450 e. The van der Waals surface area contributed by atoms with Gasteiger partial charge in [0.2, 0.25) is 5.91 Å². The van der Waals surface area contributed by atoms with Gasteiger partial charge in [-0.15, -0.1) is 0 Å². The summed E-state index contributed by atoms with van der Waals surface area (Å²) >= 11 is 6.38. The van der Waals surface area contributed by atoms with Gasteiger partial charge in [0, 0.05) is 39.0 Å². The van der Waals surface area contributed by atoms with E-state index in [2.05, 4.69) is 20.4 Å². The molecule has 35 heavy (non-hydrogen) atoms. The van der Waals surface area contributed by atoms with Crippen LogP contribution < -0.4 is 20.7 Å². The smallest absolute Gasteiger partial charge is 0.261 e. The van der Waals surface area contributed by atoms with Crippen LogP contribution in [0.25, 0.3) is 5.52 Å². The monoisotopic (exact) mass is 506 g/mol. The van der Waals surface area contributed by atoms with Crippen LogP contribution in [0.4, 0.5) is 26.1 Å². The number of rotatable bonds is 8. The van der Waals surface area contributed by atoms with E-state index in [4.69, 9.17) is 22.1 Å². The zero-order chi connectivity index (χ0) is 24.7. The number of likely N-dealkylation sites (tertiary alicyclic amines) is 1. The summed E-state index contributed by atoms with van der Waals surface area (Å²) in [5.74, 6) is -1.45. The third-order valence-electron chi connectivity index (χ3n) is 6.20. The normalized spacial score (nSPS) is 17.6. The van der Waals surface area contributed by atoms with Gasteiger partial charge in [-0.25, -0.2) is 23.3 Å². The lowest BCUT2D eigenvalue weighted by Gasteiger charge is -2.25. The second kappa shape index (κ2) is 9.08. The zero-order valence-corrected chi connectivity index (χ0v) is 19.8. The molecule has 2 fully saturated rings. The Bertz CT molecular complexity index is 1270. The molecule has 3 N–H and O–H groups in total. The van der Waals surface area contributed by atoms with Crippen molar-refractivity contribution in [2.24, 2.45) is 5.92 Å². The lowest BCUT2D eigenvalue weighted by atomic mass is 10.3. The van der Waals surface area contributed by atoms with Crippen molar-refractivity contribution in [2.75, 3.05) is 49.2 Å². The minimum atomic E-state index is -2.68. The first kappa shape index (κ1) is 23.5. The van der Waals surface area contributed by atoms with Gasteiger partial charge < -0.3 is 15.8 Å². The molecule has 5 rings (SSSR count). The summed E-state index contributed by atoms with van der Waals surface area (Å²) in [7, 11) is 1.67. The number of hydrogen-bond acceptors (Lipinski definition) is 8. The lowest BCUT2D eigenvalue weighted by molar-refractivity contribution is -0.119. The van der Waals surface area contributed by atoms with E-state index >= 15 is 0 Å². The molecule has 13 heteroatoms. The van der Waals surface area contributed by atoms with Crippen molar-refractivity contribution in [3.8, 4) is 11.5 Å². The summed E-state index contributed by atoms with van der Waals surface area (Å²) in [6.45, 7) is 0.636. The van der Waals surface area contributed by atoms with Crippen LogP contribution in [-0.4, -0.2) is 69.5 Å². The first-order valence-corrected chi connectivity index (χ1v) is 11.7. The Morgan fingerprint density at radius 1 is 1.31 bits per heavy atom. The quantitative estimate of drug-likeness (QED) is 0.478. The van der Waals surface area contributed by atoms with E-state index in [9.17, 15) is 13.6 Å². The lowest BCUT2D eigenvalue weighted by Crippen LogP contribution is -2.40. The molecule has 0 aromatic carbocycles. The molecule has 186 valence electrons. The summed E-state index contributed by atoms with van der Waals surface area (Å²) in [6, 6.07) is 0. The molecule has 1 aliphatic carbocycles. The number of fused-ring (bicyclic) bond motifs is 1. The topological polar surface area (TPSA) is 114 Å². The fourth-order valence-corrected chi connectivity index (χ4v) is 4.39. The van der Waals surface area contributed by atoms with Crippen molar-refractivity contribution in [1.82, 2.24) is 24.5 Å². The maximum atomic E-state index is 13.6. The van der Waals surface area contributed by atoms with Gasteiger partial charge in [0.15, 0.2) is 17.3 Å². The number of carbonyl (C=O) groups excluding carboxylic acids is 1. The number of aromatic nitrogens is 4. The van der Waals surface area contributed by atoms with E-state index in [1.54, 1.807) is 33.8 Å². The third kappa shape index (κ3) is 4.80. The minimum absolute atomic E-state index is 0.0502. The fourth-order valence-electron chi connectivity index (χ4n) is 4.11. The van der Waals surface area contributed by atoms with E-state index in [1.807, 2.05) is 0 Å². The van der Waals surface area contributed by atoms with Crippen molar-refractivity contribution in [1.29, 1.82) is 0 Å². The van der Waals surface area contributed by atoms with E-state index in [-0.39, 0.29) is 47.9 Å². The summed E-state index contributed by atoms with van der Waals surface area (Å²) in [5.41, 5.74) is 6.82. The van der Waals surface area contributed by atoms with Gasteiger partial charge in [0.25, 0.3) is 5.92 Å². The standard InChI is InChI=1S/C22H25ClF2N8O2/c1-27-19-18(23)16(9-29-20(19)26)35-15-10-30-33-11-17(28-8-14(15)33)32(21(34)13-2-3-13)7-6-31-5-4-22(24,25)12-31/h8-11,13,27H,2-7,12H2,1H3,(H2,26,29). The molecule has 0 unspecified atom stereocenters. The number of nitrogens with zero attached hydrogens (tertiary/aromatic N) is 6. The largest absolute Gasteiger partial charge is 0.450 e. The fraction of sp³-hybridized carbons (Fsp3) is 0.455. The van der Waals surface area contributed by atoms with Crippen LogP contribution in [0, 0.1) is 5.92 Å². The maximum absolute atomic E-state index is 13.6. The SMILES string of the molecule is CNc1c(N)ncc(Oc2cnn3cc(N(CCN4CCC(F)(F)C4)C(=O)C4CC4)ncc23)c1Cl. The van der Waals surface area contributed by atoms with Crippen LogP contribution in [0.1, 0.15) is 19.3 Å². The third-order valence-corrected chi connectivity index (χ3v) is 6.57. The Balaban J connectivity index is 1.37. The second-order valence-electron chi connectivity index (χ2n) is 8.78. The molecule has 2 aliphatic rings. The molecule has 4 heterocycles. The number of halogens is 3. The number of nitrogens with two attached hydrogens (primary N) is 1. The molecule has 3 aromatic rings. The molecule has 10 nitrogen and oxygen atoms in total. The Kier molecular flexibility index (Phi) is 6.09. The van der Waals surface area contributed by atoms with Crippen molar-refractivity contribution >= 4 is 40.3 Å². The number of ether oxygens (including phenoxy) is 1. The van der Waals surface area contributed by atoms with E-state index < -0.39 is 5.92 Å². The van der Waals surface area contributed by atoms with Crippen molar-refractivity contribution < 1.29 is 18.3 Å². The number of nitrogens with one attached hydrogen (secondary N) is 1. The highest BCUT2D eigenvalue weighted by atomic mass is 35.5. The van der Waals surface area contributed by atoms with E-state index in [0.29, 0.717) is 35.9 Å². The first-order valence-electron chi connectivity index (χ1n) is 11.3. The summed E-state index contributed by atoms with van der Waals surface area (Å²) in [4.78, 5) is 24.8. The number of pyridine rings is 1. The predicted molar refractivity (Wildman–Crippen MR) is 127 cm³/mol. The highest BCUT2D eigenvalue weighted by Crippen LogP contribution is 2.38. The second-order valence-corrected chi connectivity index (χ2v) is 9.16. The molecule has 1 aliphatic heterocycles. The van der Waals surface area contributed by atoms with Gasteiger partial charge in [0.1, 0.15) is 16.4 Å². The molecule has 3 aromatic heterocycles. The van der Waals surface area contributed by atoms with Crippen LogP contribution >= 0.6 is 11.6 Å². The molecule has 0 atom stereocenters. The van der Waals surface area contributed by atoms with Crippen molar-refractivity contribution in [3.05, 3.63) is 29.8 Å². The summed E-state index contributed by atoms with van der Waals surface area (Å²) < 4.78 is 34.6. The van der Waals surface area contributed by atoms with Crippen LogP contribution in [-0.2, 0) is 4.79 Å². The van der Waals surface area contributed by atoms with Gasteiger partial charge in [-0.05, 0) is 12.8 Å². The Morgan fingerprint density at radius 2 is 2.11 bits per heavy atom. The zero-order valence-electron chi connectivity index (χ0n) is 19.0. The Labute approximate surface area is 205 Å². The Hall–Kier alpha value is -3.25. The van der Waals surface area contributed by atoms with Gasteiger partial charge in [-0.3, -0.25) is 14.6 Å². The first-order chi connectivity index (χ1) is 16.8. The van der Waals surface area contributed by atoms with E-state index in [0.717, 1.165) is 12.8 Å².